The van der Waals surface area contributed by atoms with E-state index in [1.165, 1.54) is 23.7 Å². The first-order valence-corrected chi connectivity index (χ1v) is 12.2. The fourth-order valence-electron chi connectivity index (χ4n) is 3.78. The Bertz CT molecular complexity index is 1330. The van der Waals surface area contributed by atoms with E-state index in [-0.39, 0.29) is 11.6 Å². The van der Waals surface area contributed by atoms with Crippen LogP contribution in [-0.2, 0) is 0 Å². The molecule has 4 rings (SSSR count). The molecule has 0 aliphatic heterocycles. The molecule has 1 amide bonds. The van der Waals surface area contributed by atoms with E-state index in [1.54, 1.807) is 24.3 Å². The van der Waals surface area contributed by atoms with Gasteiger partial charge in [-0.15, -0.1) is 11.3 Å². The molecule has 35 heavy (non-hydrogen) atoms. The second-order valence-corrected chi connectivity index (χ2v) is 8.70. The third kappa shape index (κ3) is 5.61. The van der Waals surface area contributed by atoms with E-state index >= 15 is 0 Å². The number of nitrogens with zero attached hydrogens (tertiary/aromatic N) is 4. The summed E-state index contributed by atoms with van der Waals surface area (Å²) < 4.78 is 0. The summed E-state index contributed by atoms with van der Waals surface area (Å²) >= 11 is 1.45. The van der Waals surface area contributed by atoms with Crippen molar-refractivity contribution < 1.29 is 9.72 Å². The van der Waals surface area contributed by atoms with Gasteiger partial charge in [0.2, 0.25) is 0 Å². The second kappa shape index (κ2) is 11.0. The number of hydrogen-bond acceptors (Lipinski definition) is 8. The van der Waals surface area contributed by atoms with Crippen LogP contribution < -0.4 is 10.6 Å². The number of fused-ring (bicyclic) bond motifs is 1. The highest BCUT2D eigenvalue weighted by Crippen LogP contribution is 2.38. The van der Waals surface area contributed by atoms with Gasteiger partial charge in [0.15, 0.2) is 0 Å². The lowest BCUT2D eigenvalue weighted by Gasteiger charge is -2.18. The lowest BCUT2D eigenvalue weighted by molar-refractivity contribution is -0.384. The van der Waals surface area contributed by atoms with Gasteiger partial charge in [-0.25, -0.2) is 9.97 Å². The standard InChI is InChI=1S/C25H26N6O3S/c1-3-30(4-2)13-12-26-24(32)17-8-10-19(11-9-17)29-23-22-21(15-35-25(22)28-16-27-23)18-6-5-7-20(14-18)31(33)34/h5-11,14-16H,3-4,12-13H2,1-2H3,(H,26,32)(H,27,28,29). The van der Waals surface area contributed by atoms with Gasteiger partial charge in [-0.05, 0) is 42.9 Å². The van der Waals surface area contributed by atoms with Gasteiger partial charge in [0.25, 0.3) is 11.6 Å². The monoisotopic (exact) mass is 490 g/mol. The molecule has 2 N–H and O–H groups in total. The maximum Gasteiger partial charge on any atom is 0.270 e. The van der Waals surface area contributed by atoms with Gasteiger partial charge in [0.05, 0.1) is 10.3 Å². The number of carbonyl (C=O) groups is 1. The average Bonchev–Trinajstić information content (AvgIpc) is 3.32. The number of nitrogens with one attached hydrogen (secondary N) is 2. The Morgan fingerprint density at radius 3 is 2.60 bits per heavy atom. The maximum atomic E-state index is 12.5. The molecule has 0 aliphatic rings. The summed E-state index contributed by atoms with van der Waals surface area (Å²) in [5, 5.41) is 20.2. The van der Waals surface area contributed by atoms with Crippen LogP contribution in [0.25, 0.3) is 21.3 Å². The van der Waals surface area contributed by atoms with Gasteiger partial charge < -0.3 is 15.5 Å². The van der Waals surface area contributed by atoms with Crippen LogP contribution in [0.4, 0.5) is 17.2 Å². The molecular weight excluding hydrogens is 464 g/mol. The Labute approximate surface area is 207 Å². The molecule has 0 fully saturated rings. The van der Waals surface area contributed by atoms with Crippen LogP contribution in [-0.4, -0.2) is 51.9 Å². The van der Waals surface area contributed by atoms with E-state index in [4.69, 9.17) is 0 Å². The molecule has 180 valence electrons. The molecule has 2 aromatic heterocycles. The zero-order chi connectivity index (χ0) is 24.8. The Morgan fingerprint density at radius 1 is 1.11 bits per heavy atom. The van der Waals surface area contributed by atoms with Crippen molar-refractivity contribution >= 4 is 44.7 Å². The molecule has 0 saturated heterocycles. The summed E-state index contributed by atoms with van der Waals surface area (Å²) in [5.74, 6) is 0.480. The minimum absolute atomic E-state index is 0.0270. The number of anilines is 2. The highest BCUT2D eigenvalue weighted by molar-refractivity contribution is 7.17. The highest BCUT2D eigenvalue weighted by Gasteiger charge is 2.16. The van der Waals surface area contributed by atoms with Gasteiger partial charge in [-0.2, -0.15) is 0 Å². The Morgan fingerprint density at radius 2 is 1.89 bits per heavy atom. The zero-order valence-electron chi connectivity index (χ0n) is 19.5. The quantitative estimate of drug-likeness (QED) is 0.235. The van der Waals surface area contributed by atoms with Crippen molar-refractivity contribution in [2.24, 2.45) is 0 Å². The van der Waals surface area contributed by atoms with Crippen LogP contribution in [0.15, 0.2) is 60.2 Å². The van der Waals surface area contributed by atoms with E-state index < -0.39 is 4.92 Å². The SMILES string of the molecule is CCN(CC)CCNC(=O)c1ccc(Nc2ncnc3scc(-c4cccc([N+](=O)[O-])c4)c23)cc1. The minimum Gasteiger partial charge on any atom is -0.351 e. The first-order chi connectivity index (χ1) is 17.0. The highest BCUT2D eigenvalue weighted by atomic mass is 32.1. The number of aromatic nitrogens is 2. The molecule has 0 spiro atoms. The molecule has 0 saturated carbocycles. The lowest BCUT2D eigenvalue weighted by atomic mass is 10.1. The molecule has 0 bridgehead atoms. The molecule has 0 radical (unpaired) electrons. The number of rotatable bonds is 10. The topological polar surface area (TPSA) is 113 Å². The molecular formula is C25H26N6O3S. The van der Waals surface area contributed by atoms with Gasteiger partial charge in [0, 0.05) is 47.4 Å². The maximum absolute atomic E-state index is 12.5. The fraction of sp³-hybridized carbons (Fsp3) is 0.240. The first kappa shape index (κ1) is 24.2. The molecule has 10 heteroatoms. The predicted octanol–water partition coefficient (Wildman–Crippen LogP) is 5.08. The van der Waals surface area contributed by atoms with Crippen LogP contribution in [0.5, 0.6) is 0 Å². The van der Waals surface area contributed by atoms with Crippen molar-refractivity contribution in [2.75, 3.05) is 31.5 Å². The normalized spacial score (nSPS) is 11.1. The number of thiophene rings is 1. The van der Waals surface area contributed by atoms with Crippen LogP contribution >= 0.6 is 11.3 Å². The molecule has 0 atom stereocenters. The number of nitro groups is 1. The summed E-state index contributed by atoms with van der Waals surface area (Å²) in [6.45, 7) is 7.52. The molecule has 2 heterocycles. The van der Waals surface area contributed by atoms with Crippen molar-refractivity contribution in [1.29, 1.82) is 0 Å². The third-order valence-electron chi connectivity index (χ3n) is 5.76. The van der Waals surface area contributed by atoms with E-state index in [0.717, 1.165) is 46.7 Å². The van der Waals surface area contributed by atoms with Crippen molar-refractivity contribution in [3.8, 4) is 11.1 Å². The van der Waals surface area contributed by atoms with E-state index in [9.17, 15) is 14.9 Å². The molecule has 0 unspecified atom stereocenters. The Hall–Kier alpha value is -3.89. The van der Waals surface area contributed by atoms with Gasteiger partial charge in [-0.3, -0.25) is 14.9 Å². The largest absolute Gasteiger partial charge is 0.351 e. The van der Waals surface area contributed by atoms with Crippen LogP contribution in [0, 0.1) is 10.1 Å². The van der Waals surface area contributed by atoms with Crippen molar-refractivity contribution in [2.45, 2.75) is 13.8 Å². The van der Waals surface area contributed by atoms with Crippen molar-refractivity contribution in [3.05, 3.63) is 75.9 Å². The number of carbonyl (C=O) groups excluding carboxylic acids is 1. The number of nitro benzene ring substituents is 1. The minimum atomic E-state index is -0.408. The van der Waals surface area contributed by atoms with Crippen molar-refractivity contribution in [3.63, 3.8) is 0 Å². The summed E-state index contributed by atoms with van der Waals surface area (Å²) in [6.07, 6.45) is 1.48. The van der Waals surface area contributed by atoms with E-state index in [0.29, 0.717) is 17.9 Å². The first-order valence-electron chi connectivity index (χ1n) is 11.3. The zero-order valence-corrected chi connectivity index (χ0v) is 20.3. The van der Waals surface area contributed by atoms with Gasteiger partial charge in [0.1, 0.15) is 17.0 Å². The summed E-state index contributed by atoms with van der Waals surface area (Å²) in [7, 11) is 0. The van der Waals surface area contributed by atoms with Gasteiger partial charge in [-0.1, -0.05) is 26.0 Å². The Balaban J connectivity index is 1.52. The van der Waals surface area contributed by atoms with Crippen LogP contribution in [0.3, 0.4) is 0 Å². The van der Waals surface area contributed by atoms with E-state index in [2.05, 4.69) is 39.3 Å². The Kier molecular flexibility index (Phi) is 7.64. The van der Waals surface area contributed by atoms with Crippen LogP contribution in [0.1, 0.15) is 24.2 Å². The molecule has 0 aliphatic carbocycles. The summed E-state index contributed by atoms with van der Waals surface area (Å²) in [6, 6.07) is 13.7. The third-order valence-corrected chi connectivity index (χ3v) is 6.64. The van der Waals surface area contributed by atoms with E-state index in [1.807, 2.05) is 23.6 Å². The molecule has 2 aromatic carbocycles. The summed E-state index contributed by atoms with van der Waals surface area (Å²) in [5.41, 5.74) is 2.91. The number of non-ortho nitro benzene ring substituents is 1. The smallest absolute Gasteiger partial charge is 0.270 e. The number of benzene rings is 2. The summed E-state index contributed by atoms with van der Waals surface area (Å²) in [4.78, 5) is 35.1. The fourth-order valence-corrected chi connectivity index (χ4v) is 4.70. The van der Waals surface area contributed by atoms with Crippen molar-refractivity contribution in [1.82, 2.24) is 20.2 Å². The lowest BCUT2D eigenvalue weighted by Crippen LogP contribution is -2.34. The van der Waals surface area contributed by atoms with Gasteiger partial charge >= 0.3 is 0 Å². The number of hydrogen-bond donors (Lipinski definition) is 2. The molecule has 4 aromatic rings. The molecule has 9 nitrogen and oxygen atoms in total. The van der Waals surface area contributed by atoms with Crippen LogP contribution in [0.2, 0.25) is 0 Å². The number of amides is 1. The predicted molar refractivity (Wildman–Crippen MR) is 139 cm³/mol. The second-order valence-electron chi connectivity index (χ2n) is 7.84. The average molecular weight is 491 g/mol. The number of likely N-dealkylation sites (N-methyl/N-ethyl adjacent to an activating group) is 1.